The Kier molecular flexibility index (Phi) is 25.8. The van der Waals surface area contributed by atoms with Crippen molar-refractivity contribution in [2.75, 3.05) is 79.3 Å². The van der Waals surface area contributed by atoms with Gasteiger partial charge in [-0.05, 0) is 139 Å². The van der Waals surface area contributed by atoms with Crippen LogP contribution in [0.2, 0.25) is 36.3 Å². The topological polar surface area (TPSA) is 241 Å². The van der Waals surface area contributed by atoms with Crippen molar-refractivity contribution in [3.05, 3.63) is 0 Å². The first-order chi connectivity index (χ1) is 48.6. The third-order valence-electron chi connectivity index (χ3n) is 27.3. The van der Waals surface area contributed by atoms with E-state index in [9.17, 15) is 28.8 Å². The first kappa shape index (κ1) is 76.0. The molecule has 21 nitrogen and oxygen atoms in total. The molecule has 4 spiro atoms. The Morgan fingerprint density at radius 3 is 1.38 bits per heavy atom. The Labute approximate surface area is 611 Å². The number of hydrogen-bond donors (Lipinski definition) is 0. The fourth-order valence-corrected chi connectivity index (χ4v) is 23.7. The molecule has 0 N–H and O–H groups in total. The van der Waals surface area contributed by atoms with E-state index >= 15 is 0 Å². The number of carbonyl (C=O) groups excluding carboxylic acids is 6. The largest absolute Gasteiger partial charge is 0.465 e. The van der Waals surface area contributed by atoms with Crippen LogP contribution in [-0.4, -0.2) is 250 Å². The molecule has 18 rings (SSSR count). The maximum atomic E-state index is 12.0. The summed E-state index contributed by atoms with van der Waals surface area (Å²) in [6.07, 6.45) is 26.5. The minimum atomic E-state index is -0.317. The molecule has 6 saturated carbocycles. The molecule has 12 bridgehead atoms. The van der Waals surface area contributed by atoms with E-state index in [1.165, 1.54) is 168 Å². The first-order valence-corrected chi connectivity index (χ1v) is 48.7. The molecule has 26 unspecified atom stereocenters. The van der Waals surface area contributed by atoms with Gasteiger partial charge < -0.3 is 71.1 Å². The van der Waals surface area contributed by atoms with E-state index in [0.717, 1.165) is 110 Å². The van der Waals surface area contributed by atoms with Crippen LogP contribution >= 0.6 is 0 Å². The highest BCUT2D eigenvalue weighted by atomic mass is 28.2. The molecule has 0 radical (unpaired) electrons. The lowest BCUT2D eigenvalue weighted by molar-refractivity contribution is -0.152. The summed E-state index contributed by atoms with van der Waals surface area (Å²) >= 11 is 0. The van der Waals surface area contributed by atoms with Gasteiger partial charge in [-0.2, -0.15) is 0 Å². The molecule has 6 aliphatic carbocycles. The normalized spacial score (nSPS) is 44.2. The van der Waals surface area contributed by atoms with Gasteiger partial charge in [0, 0.05) is 155 Å². The summed E-state index contributed by atoms with van der Waals surface area (Å²) in [5, 5.41) is 0. The third kappa shape index (κ3) is 15.7. The maximum Gasteiger partial charge on any atom is 0.314 e. The van der Waals surface area contributed by atoms with Gasteiger partial charge in [0.05, 0.1) is 142 Å². The van der Waals surface area contributed by atoms with E-state index in [1.54, 1.807) is 0 Å². The number of fused-ring (bicyclic) bond motifs is 22. The molecular formula is C73H122O21Si6. The zero-order valence-electron chi connectivity index (χ0n) is 61.3. The Balaban J connectivity index is 0.000000108. The lowest BCUT2D eigenvalue weighted by Gasteiger charge is -2.36. The van der Waals surface area contributed by atoms with Crippen LogP contribution in [0, 0.1) is 80.8 Å². The second-order valence-electron chi connectivity index (χ2n) is 33.5. The number of esters is 6. The van der Waals surface area contributed by atoms with Gasteiger partial charge in [0.25, 0.3) is 0 Å². The zero-order valence-corrected chi connectivity index (χ0v) is 73.3. The fraction of sp³-hybridized carbons (Fsp3) is 0.918. The molecule has 12 saturated heterocycles. The van der Waals surface area contributed by atoms with E-state index in [4.69, 9.17) is 71.1 Å². The summed E-state index contributed by atoms with van der Waals surface area (Å²) in [6.45, 7) is 8.88. The average Bonchev–Trinajstić information content (AvgIpc) is 1.62. The predicted octanol–water partition coefficient (Wildman–Crippen LogP) is 1.78. The molecular weight excluding hydrogens is 1380 g/mol. The van der Waals surface area contributed by atoms with Gasteiger partial charge in [-0.3, -0.25) is 28.8 Å². The van der Waals surface area contributed by atoms with Gasteiger partial charge in [-0.25, -0.2) is 0 Å². The monoisotopic (exact) mass is 1500 g/mol. The van der Waals surface area contributed by atoms with Gasteiger partial charge in [-0.15, -0.1) is 0 Å². The fourth-order valence-electron chi connectivity index (χ4n) is 22.0. The molecule has 564 valence electrons. The van der Waals surface area contributed by atoms with Crippen molar-refractivity contribution in [2.45, 2.75) is 257 Å². The Hall–Kier alpha value is -2.24. The third-order valence-corrected chi connectivity index (χ3v) is 31.5. The first-order valence-electron chi connectivity index (χ1n) is 40.3. The van der Waals surface area contributed by atoms with Crippen molar-refractivity contribution in [1.29, 1.82) is 0 Å². The Morgan fingerprint density at radius 1 is 0.380 bits per heavy atom. The maximum absolute atomic E-state index is 12.0. The average molecular weight is 1500 g/mol. The molecule has 0 aromatic rings. The summed E-state index contributed by atoms with van der Waals surface area (Å²) in [6, 6.07) is 7.83. The van der Waals surface area contributed by atoms with Gasteiger partial charge in [0.2, 0.25) is 0 Å². The summed E-state index contributed by atoms with van der Waals surface area (Å²) in [7, 11) is 7.56. The van der Waals surface area contributed by atoms with Gasteiger partial charge in [0.15, 0.2) is 0 Å². The zero-order chi connectivity index (χ0) is 69.8. The van der Waals surface area contributed by atoms with E-state index in [2.05, 4.69) is 0 Å². The van der Waals surface area contributed by atoms with Crippen LogP contribution in [0.1, 0.15) is 148 Å². The predicted molar refractivity (Wildman–Crippen MR) is 389 cm³/mol. The highest BCUT2D eigenvalue weighted by molar-refractivity contribution is 6.09. The summed E-state index contributed by atoms with van der Waals surface area (Å²) in [5.41, 5.74) is -0.318. The Bertz CT molecular complexity index is 2810. The van der Waals surface area contributed by atoms with Crippen LogP contribution in [0.15, 0.2) is 0 Å². The van der Waals surface area contributed by atoms with Crippen molar-refractivity contribution in [2.24, 2.45) is 80.8 Å². The standard InChI is InChI=1S/2C13H22O3Si.2C12H20O4Si.C12H20O3Si.C11H18O4Si/c14-12-13(2-4-16-12)8-9-6-10(13)11(7-9)15-3-1-5-17;14-12-7-13(8-16-12)6-9-4-10(13)11(5-9)15-2-1-3-17;13-11-12(2-4-15-11)7-9-8(6-10(12)16-9)14-3-1-5-17;13-11-6-12(7-15-11)5-9-8(4-10(12)16-9)14-2-1-3-17;13-12-11-8-4-7(9(11)6-15-12)5-10(8)14-2-1-3-16;12-11-9-6(5-14-11)10-8(4-7(9)15-10)13-2-1-3-16/h2*9-11H,1-8H2,17H3;2*8-10H,1-7H2,17H3;7-11H,1-6H2,16H3;6-10H,1-5H2,16H3. The van der Waals surface area contributed by atoms with Crippen molar-refractivity contribution in [3.63, 3.8) is 0 Å². The number of carbonyl (C=O) groups is 6. The Morgan fingerprint density at radius 2 is 0.870 bits per heavy atom. The molecule has 27 heteroatoms. The van der Waals surface area contributed by atoms with Crippen LogP contribution in [0.4, 0.5) is 0 Å². The van der Waals surface area contributed by atoms with Crippen LogP contribution in [0.5, 0.6) is 0 Å². The van der Waals surface area contributed by atoms with Gasteiger partial charge >= 0.3 is 35.8 Å². The molecule has 26 atom stereocenters. The molecule has 18 aliphatic rings. The van der Waals surface area contributed by atoms with Crippen LogP contribution in [0.25, 0.3) is 0 Å². The smallest absolute Gasteiger partial charge is 0.314 e. The number of ether oxygens (including phenoxy) is 15. The molecule has 0 amide bonds. The molecule has 100 heavy (non-hydrogen) atoms. The molecule has 12 aliphatic heterocycles. The number of cyclic esters (lactones) is 6. The molecule has 0 aromatic heterocycles. The molecule has 0 aromatic carbocycles. The highest BCUT2D eigenvalue weighted by Crippen LogP contribution is 2.63. The summed E-state index contributed by atoms with van der Waals surface area (Å²) in [4.78, 5) is 69.6. The number of rotatable bonds is 24. The lowest BCUT2D eigenvalue weighted by atomic mass is 9.71. The van der Waals surface area contributed by atoms with Crippen LogP contribution in [0.3, 0.4) is 0 Å². The minimum absolute atomic E-state index is 0.00318. The summed E-state index contributed by atoms with van der Waals surface area (Å²) < 4.78 is 84.3. The summed E-state index contributed by atoms with van der Waals surface area (Å²) in [5.74, 6) is 4.65. The van der Waals surface area contributed by atoms with Gasteiger partial charge in [-0.1, -0.05) is 36.3 Å². The SMILES string of the molecule is O=C1CC2(CO1)CC1CC(OCCC[SiH3])C2C1.O=C1CC2(CO1)CC1OC2CC1OCCC[SiH3].O=C1OCC2C3CC(OCCC[SiH3])C(C3)C12.O=C1OCC2C3OC(CC3OCCC[SiH3])C12.O=C1OCCC12CC1CC(OCCC[SiH3])C2C1.O=C1OCCC12CC1OC2CC1OCCC[SiH3]. The van der Waals surface area contributed by atoms with Gasteiger partial charge in [0.1, 0.15) is 6.61 Å². The van der Waals surface area contributed by atoms with Crippen molar-refractivity contribution in [1.82, 2.24) is 0 Å². The van der Waals surface area contributed by atoms with Crippen molar-refractivity contribution < 1.29 is 99.8 Å². The van der Waals surface area contributed by atoms with Crippen LogP contribution < -0.4 is 0 Å². The van der Waals surface area contributed by atoms with E-state index in [0.29, 0.717) is 106 Å². The van der Waals surface area contributed by atoms with E-state index < -0.39 is 0 Å². The molecule has 12 heterocycles. The highest BCUT2D eigenvalue weighted by Gasteiger charge is 2.67. The van der Waals surface area contributed by atoms with E-state index in [-0.39, 0.29) is 130 Å². The molecule has 18 fully saturated rings. The van der Waals surface area contributed by atoms with Crippen molar-refractivity contribution in [3.8, 4) is 0 Å². The second-order valence-corrected chi connectivity index (χ2v) is 39.5. The lowest BCUT2D eigenvalue weighted by Crippen LogP contribution is -2.41. The van der Waals surface area contributed by atoms with E-state index in [1.807, 2.05) is 0 Å². The quantitative estimate of drug-likeness (QED) is 0.0579. The number of hydrogen-bond acceptors (Lipinski definition) is 21. The second kappa shape index (κ2) is 33.9. The van der Waals surface area contributed by atoms with Crippen molar-refractivity contribution >= 4 is 97.3 Å². The minimum Gasteiger partial charge on any atom is -0.465 e. The van der Waals surface area contributed by atoms with Crippen LogP contribution in [-0.2, 0) is 99.8 Å².